The number of benzene rings is 3. The molecule has 7 nitrogen and oxygen atoms in total. The van der Waals surface area contributed by atoms with Gasteiger partial charge in [-0.25, -0.2) is 8.42 Å². The van der Waals surface area contributed by atoms with E-state index in [2.05, 4.69) is 4.72 Å². The highest BCUT2D eigenvalue weighted by atomic mass is 32.2. The van der Waals surface area contributed by atoms with Gasteiger partial charge in [-0.2, -0.15) is 0 Å². The molecule has 1 atom stereocenters. The van der Waals surface area contributed by atoms with Crippen LogP contribution < -0.4 is 9.46 Å². The minimum Gasteiger partial charge on any atom is -0.493 e. The first-order chi connectivity index (χ1) is 17.7. The Bertz CT molecular complexity index is 1290. The molecule has 0 fully saturated rings. The molecule has 0 heterocycles. The van der Waals surface area contributed by atoms with Crippen molar-refractivity contribution < 1.29 is 27.8 Å². The molecule has 2 N–H and O–H groups in total. The van der Waals surface area contributed by atoms with Crippen molar-refractivity contribution in [2.24, 2.45) is 0 Å². The van der Waals surface area contributed by atoms with E-state index in [-0.39, 0.29) is 30.0 Å². The van der Waals surface area contributed by atoms with E-state index in [1.807, 2.05) is 44.2 Å². The topological polar surface area (TPSA) is 102 Å². The number of carbonyl (C=O) groups excluding carboxylic acids is 1. The molecule has 0 spiro atoms. The van der Waals surface area contributed by atoms with E-state index in [1.54, 1.807) is 48.6 Å². The molecule has 0 aliphatic carbocycles. The summed E-state index contributed by atoms with van der Waals surface area (Å²) in [7, 11) is -3.68. The minimum absolute atomic E-state index is 0.144. The average Bonchev–Trinajstić information content (AvgIpc) is 2.87. The lowest BCUT2D eigenvalue weighted by atomic mass is 10.1. The van der Waals surface area contributed by atoms with Gasteiger partial charge in [-0.15, -0.1) is 0 Å². The molecule has 0 amide bonds. The Hall–Kier alpha value is -3.62. The molecule has 0 unspecified atom stereocenters. The molecule has 3 rings (SSSR count). The van der Waals surface area contributed by atoms with E-state index in [1.165, 1.54) is 12.1 Å². The Morgan fingerprint density at radius 3 is 2.49 bits per heavy atom. The van der Waals surface area contributed by atoms with Gasteiger partial charge >= 0.3 is 5.97 Å². The van der Waals surface area contributed by atoms with Crippen molar-refractivity contribution in [3.8, 4) is 5.75 Å². The number of carbonyl (C=O) groups is 1. The Morgan fingerprint density at radius 2 is 1.73 bits per heavy atom. The Morgan fingerprint density at radius 1 is 1.00 bits per heavy atom. The number of aliphatic hydroxyl groups excluding tert-OH is 1. The number of hydrogen-bond acceptors (Lipinski definition) is 6. The van der Waals surface area contributed by atoms with Crippen LogP contribution in [0, 0.1) is 0 Å². The molecule has 0 saturated heterocycles. The average molecular weight is 524 g/mol. The van der Waals surface area contributed by atoms with Crippen LogP contribution in [0.1, 0.15) is 37.8 Å². The Balaban J connectivity index is 1.51. The number of rotatable bonds is 13. The summed E-state index contributed by atoms with van der Waals surface area (Å²) in [6.45, 7) is 3.92. The summed E-state index contributed by atoms with van der Waals surface area (Å²) in [5.74, 6) is 0.428. The van der Waals surface area contributed by atoms with Gasteiger partial charge in [-0.3, -0.25) is 9.52 Å². The van der Waals surface area contributed by atoms with E-state index in [4.69, 9.17) is 9.47 Å². The maximum Gasteiger partial charge on any atom is 0.306 e. The quantitative estimate of drug-likeness (QED) is 0.298. The number of para-hydroxylation sites is 1. The van der Waals surface area contributed by atoms with E-state index in [0.29, 0.717) is 24.3 Å². The van der Waals surface area contributed by atoms with Gasteiger partial charge in [0.2, 0.25) is 0 Å². The van der Waals surface area contributed by atoms with Gasteiger partial charge in [-0.05, 0) is 61.7 Å². The molecule has 3 aromatic rings. The first kappa shape index (κ1) is 28.0. The van der Waals surface area contributed by atoms with E-state index < -0.39 is 16.1 Å². The predicted octanol–water partition coefficient (Wildman–Crippen LogP) is 5.21. The predicted molar refractivity (Wildman–Crippen MR) is 145 cm³/mol. The highest BCUT2D eigenvalue weighted by Crippen LogP contribution is 2.21. The van der Waals surface area contributed by atoms with Crippen LogP contribution in [0.15, 0.2) is 89.8 Å². The zero-order chi connectivity index (χ0) is 26.7. The third-order valence-corrected chi connectivity index (χ3v) is 6.71. The molecule has 0 aliphatic rings. The SMILES string of the molecule is CC(C)OC(=O)CCc1ccccc1OCC[C@@H](O)/C=C/c1cccc(NS(=O)(=O)c2ccccc2)c1. The van der Waals surface area contributed by atoms with Crippen LogP contribution in [0.4, 0.5) is 5.69 Å². The fourth-order valence-electron chi connectivity index (χ4n) is 3.54. The van der Waals surface area contributed by atoms with E-state index >= 15 is 0 Å². The van der Waals surface area contributed by atoms with Crippen molar-refractivity contribution in [2.45, 2.75) is 50.2 Å². The Labute approximate surface area is 218 Å². The second kappa shape index (κ2) is 13.6. The lowest BCUT2D eigenvalue weighted by Gasteiger charge is -2.13. The first-order valence-corrected chi connectivity index (χ1v) is 13.7. The fraction of sp³-hybridized carbons (Fsp3) is 0.276. The number of aryl methyl sites for hydroxylation is 1. The smallest absolute Gasteiger partial charge is 0.306 e. The van der Waals surface area contributed by atoms with Gasteiger partial charge in [0.15, 0.2) is 0 Å². The van der Waals surface area contributed by atoms with Crippen molar-refractivity contribution in [3.63, 3.8) is 0 Å². The Kier molecular flexibility index (Phi) is 10.3. The lowest BCUT2D eigenvalue weighted by molar-refractivity contribution is -0.147. The molecule has 0 radical (unpaired) electrons. The summed E-state index contributed by atoms with van der Waals surface area (Å²) in [5.41, 5.74) is 2.08. The summed E-state index contributed by atoms with van der Waals surface area (Å²) in [5, 5.41) is 10.4. The van der Waals surface area contributed by atoms with Crippen LogP contribution in [0.25, 0.3) is 6.08 Å². The highest BCUT2D eigenvalue weighted by molar-refractivity contribution is 7.92. The largest absolute Gasteiger partial charge is 0.493 e. The van der Waals surface area contributed by atoms with Crippen LogP contribution in [0.5, 0.6) is 5.75 Å². The molecule has 0 aromatic heterocycles. The van der Waals surface area contributed by atoms with Gasteiger partial charge in [0.1, 0.15) is 5.75 Å². The molecule has 3 aromatic carbocycles. The summed E-state index contributed by atoms with van der Waals surface area (Å²) in [6, 6.07) is 22.6. The number of anilines is 1. The fourth-order valence-corrected chi connectivity index (χ4v) is 4.61. The molecular formula is C29H33NO6S. The summed E-state index contributed by atoms with van der Waals surface area (Å²) in [6.07, 6.45) is 3.62. The zero-order valence-corrected chi connectivity index (χ0v) is 21.9. The number of esters is 1. The van der Waals surface area contributed by atoms with Gasteiger partial charge < -0.3 is 14.6 Å². The molecule has 8 heteroatoms. The third kappa shape index (κ3) is 9.40. The first-order valence-electron chi connectivity index (χ1n) is 12.2. The van der Waals surface area contributed by atoms with Crippen LogP contribution >= 0.6 is 0 Å². The molecule has 37 heavy (non-hydrogen) atoms. The summed E-state index contributed by atoms with van der Waals surface area (Å²) < 4.78 is 38.7. The third-order valence-electron chi connectivity index (χ3n) is 5.31. The minimum atomic E-state index is -3.68. The molecular weight excluding hydrogens is 490 g/mol. The number of nitrogens with one attached hydrogen (secondary N) is 1. The van der Waals surface area contributed by atoms with Gasteiger partial charge in [0.05, 0.1) is 23.7 Å². The van der Waals surface area contributed by atoms with Crippen molar-refractivity contribution in [1.82, 2.24) is 0 Å². The summed E-state index contributed by atoms with van der Waals surface area (Å²) >= 11 is 0. The van der Waals surface area contributed by atoms with Crippen LogP contribution in [0.2, 0.25) is 0 Å². The summed E-state index contributed by atoms with van der Waals surface area (Å²) in [4.78, 5) is 12.0. The highest BCUT2D eigenvalue weighted by Gasteiger charge is 2.13. The number of aliphatic hydroxyl groups is 1. The monoisotopic (exact) mass is 523 g/mol. The maximum atomic E-state index is 12.5. The van der Waals surface area contributed by atoms with Gasteiger partial charge in [-0.1, -0.05) is 60.7 Å². The second-order valence-corrected chi connectivity index (χ2v) is 10.4. The van der Waals surface area contributed by atoms with E-state index in [0.717, 1.165) is 11.1 Å². The van der Waals surface area contributed by atoms with Crippen LogP contribution in [-0.4, -0.2) is 38.3 Å². The molecule has 0 aliphatic heterocycles. The standard InChI is InChI=1S/C29H33NO6S/c1-22(2)36-29(32)18-16-24-10-6-7-14-28(24)35-20-19-26(31)17-15-23-9-8-11-25(21-23)30-37(33,34)27-12-4-3-5-13-27/h3-15,17,21-22,26,30-31H,16,18-20H2,1-2H3/b17-15+/t26-/m0/s1. The second-order valence-electron chi connectivity index (χ2n) is 8.75. The lowest BCUT2D eigenvalue weighted by Crippen LogP contribution is -2.13. The maximum absolute atomic E-state index is 12.5. The zero-order valence-electron chi connectivity index (χ0n) is 21.0. The number of hydrogen-bond donors (Lipinski definition) is 2. The van der Waals surface area contributed by atoms with Crippen LogP contribution in [-0.2, 0) is 26.0 Å². The van der Waals surface area contributed by atoms with Crippen molar-refractivity contribution >= 4 is 27.8 Å². The van der Waals surface area contributed by atoms with E-state index in [9.17, 15) is 18.3 Å². The molecule has 0 saturated carbocycles. The van der Waals surface area contributed by atoms with Crippen molar-refractivity contribution in [1.29, 1.82) is 0 Å². The van der Waals surface area contributed by atoms with Crippen LogP contribution in [0.3, 0.4) is 0 Å². The molecule has 196 valence electrons. The van der Waals surface area contributed by atoms with Crippen molar-refractivity contribution in [3.05, 3.63) is 96.1 Å². The van der Waals surface area contributed by atoms with Crippen molar-refractivity contribution in [2.75, 3.05) is 11.3 Å². The van der Waals surface area contributed by atoms with Gasteiger partial charge in [0.25, 0.3) is 10.0 Å². The normalized spacial score (nSPS) is 12.4. The number of ether oxygens (including phenoxy) is 2. The number of sulfonamides is 1. The molecule has 0 bridgehead atoms. The van der Waals surface area contributed by atoms with Gasteiger partial charge in [0, 0.05) is 18.5 Å².